The minimum atomic E-state index is -4.11. The number of rotatable bonds is 7. The molecule has 4 aromatic carbocycles. The van der Waals surface area contributed by atoms with Gasteiger partial charge in [-0.2, -0.15) is 0 Å². The van der Waals surface area contributed by atoms with Gasteiger partial charge in [0.05, 0.1) is 73.3 Å². The molecule has 0 spiro atoms. The molecule has 0 saturated carbocycles. The summed E-state index contributed by atoms with van der Waals surface area (Å²) in [5.41, 5.74) is -2.85. The SMILES string of the molecule is CC(C)(C)OP(=O)(OC(C)(C)C)c1ccc(C2=C3C=CC(=N3)C(c3c(F)c(F)c(F)c(F)c3F)=C3C=CC(=N3)C(c3ccc(C#C[Si](C)(C)C)cc3)=C3C=CC(=N3)C(c3c(F)c(F)c(F)c(F)c3F)=C3C=CC2=N3)cc1. The van der Waals surface area contributed by atoms with Gasteiger partial charge in [0.1, 0.15) is 8.07 Å². The third kappa shape index (κ3) is 10.1. The second-order valence-electron chi connectivity index (χ2n) is 20.8. The number of hydrogen-bond acceptors (Lipinski definition) is 7. The minimum absolute atomic E-state index is 0.0113. The molecule has 19 heteroatoms. The van der Waals surface area contributed by atoms with E-state index in [0.29, 0.717) is 11.1 Å². The van der Waals surface area contributed by atoms with Crippen molar-refractivity contribution in [3.8, 4) is 11.5 Å². The fourth-order valence-electron chi connectivity index (χ4n) is 8.48. The van der Waals surface area contributed by atoms with Gasteiger partial charge in [-0.3, -0.25) is 13.6 Å². The van der Waals surface area contributed by atoms with E-state index in [1.165, 1.54) is 72.9 Å². The van der Waals surface area contributed by atoms with Gasteiger partial charge in [0.2, 0.25) is 11.6 Å². The van der Waals surface area contributed by atoms with Crippen LogP contribution in [0.4, 0.5) is 43.9 Å². The second-order valence-corrected chi connectivity index (χ2v) is 27.4. The molecular weight excluding hydrogens is 1040 g/mol. The van der Waals surface area contributed by atoms with E-state index in [4.69, 9.17) is 29.0 Å². The van der Waals surface area contributed by atoms with Crippen LogP contribution >= 0.6 is 7.60 Å². The maximum atomic E-state index is 16.2. The fourth-order valence-corrected chi connectivity index (χ4v) is 11.2. The monoisotopic (exact) mass is 1080 g/mol. The molecule has 0 radical (unpaired) electrons. The highest BCUT2D eigenvalue weighted by Crippen LogP contribution is 2.53. The predicted octanol–water partition coefficient (Wildman–Crippen LogP) is 14.8. The molecule has 0 unspecified atom stereocenters. The smallest absolute Gasteiger partial charge is 0.299 e. The Kier molecular flexibility index (Phi) is 13.6. The molecule has 388 valence electrons. The van der Waals surface area contributed by atoms with Crippen molar-refractivity contribution in [3.05, 3.63) is 206 Å². The Morgan fingerprint density at radius 3 is 1.03 bits per heavy atom. The molecule has 0 aromatic heterocycles. The van der Waals surface area contributed by atoms with Crippen LogP contribution in [-0.4, -0.2) is 42.1 Å². The molecule has 5 heterocycles. The summed E-state index contributed by atoms with van der Waals surface area (Å²) < 4.78 is 182. The molecule has 0 fully saturated rings. The zero-order valence-electron chi connectivity index (χ0n) is 42.0. The average Bonchev–Trinajstić information content (AvgIpc) is 4.20. The molecule has 0 aliphatic carbocycles. The number of benzene rings is 4. The van der Waals surface area contributed by atoms with E-state index in [9.17, 15) is 13.3 Å². The molecule has 0 amide bonds. The average molecular weight is 1080 g/mol. The molecule has 0 atom stereocenters. The van der Waals surface area contributed by atoms with E-state index in [2.05, 4.69) is 31.1 Å². The highest BCUT2D eigenvalue weighted by molar-refractivity contribution is 7.62. The summed E-state index contributed by atoms with van der Waals surface area (Å²) >= 11 is 0. The normalized spacial score (nSPS) is 16.6. The first-order valence-electron chi connectivity index (χ1n) is 23.4. The van der Waals surface area contributed by atoms with E-state index in [-0.39, 0.29) is 67.6 Å². The Labute approximate surface area is 431 Å². The second kappa shape index (κ2) is 19.4. The summed E-state index contributed by atoms with van der Waals surface area (Å²) in [6.07, 6.45) is 10.4. The lowest BCUT2D eigenvalue weighted by Crippen LogP contribution is -2.28. The first-order chi connectivity index (χ1) is 35.5. The third-order valence-electron chi connectivity index (χ3n) is 11.5. The highest BCUT2D eigenvalue weighted by atomic mass is 31.2. The van der Waals surface area contributed by atoms with Crippen molar-refractivity contribution in [1.29, 1.82) is 0 Å². The number of halogens is 10. The van der Waals surface area contributed by atoms with Crippen LogP contribution in [0.5, 0.6) is 0 Å². The molecular formula is C57H43F10N4O3PSi. The van der Waals surface area contributed by atoms with Crippen molar-refractivity contribution in [2.75, 3.05) is 0 Å². The van der Waals surface area contributed by atoms with Gasteiger partial charge in [0.25, 0.3) is 0 Å². The van der Waals surface area contributed by atoms with Gasteiger partial charge >= 0.3 is 7.60 Å². The lowest BCUT2D eigenvalue weighted by Gasteiger charge is -2.32. The lowest BCUT2D eigenvalue weighted by molar-refractivity contribution is 0.0548. The Morgan fingerprint density at radius 2 is 0.711 bits per heavy atom. The molecule has 8 bridgehead atoms. The van der Waals surface area contributed by atoms with Gasteiger partial charge in [-0.15, -0.1) is 5.54 Å². The van der Waals surface area contributed by atoms with Gasteiger partial charge < -0.3 is 0 Å². The third-order valence-corrected chi connectivity index (χ3v) is 14.9. The number of nitrogens with zero attached hydrogens (tertiary/aromatic N) is 4. The summed E-state index contributed by atoms with van der Waals surface area (Å²) in [4.78, 5) is 18.8. The summed E-state index contributed by atoms with van der Waals surface area (Å²) in [7, 11) is -5.95. The lowest BCUT2D eigenvalue weighted by atomic mass is 9.96. The van der Waals surface area contributed by atoms with Crippen LogP contribution in [0.15, 0.2) is 140 Å². The minimum Gasteiger partial charge on any atom is -0.299 e. The molecule has 9 rings (SSSR count). The zero-order valence-corrected chi connectivity index (χ0v) is 43.9. The first-order valence-corrected chi connectivity index (χ1v) is 28.4. The van der Waals surface area contributed by atoms with Crippen molar-refractivity contribution in [2.45, 2.75) is 72.4 Å². The molecule has 76 heavy (non-hydrogen) atoms. The van der Waals surface area contributed by atoms with Crippen LogP contribution in [0, 0.1) is 69.6 Å². The van der Waals surface area contributed by atoms with Gasteiger partial charge in [-0.25, -0.2) is 63.9 Å². The standard InChI is InChI=1S/C57H43F10N4O3PSi/c1-56(2,3)73-75(72,74-57(4,5)6)31-16-14-30(15-17-31)41-34-20-24-38(70-34)42(44-46(58)50(62)54(66)51(63)47(44)59)36-22-18-32(68-36)40(29-12-10-28(11-13-29)26-27-76(7,8)9)33-19-23-37(69-33)43(39-25-21-35(41)71-39)45-48(60)52(64)55(67)53(65)49(45)61/h10-25H,1-9H3. The maximum Gasteiger partial charge on any atom is 0.362 e. The topological polar surface area (TPSA) is 85.0 Å². The Morgan fingerprint density at radius 1 is 0.421 bits per heavy atom. The van der Waals surface area contributed by atoms with Crippen molar-refractivity contribution in [3.63, 3.8) is 0 Å². The zero-order chi connectivity index (χ0) is 55.1. The van der Waals surface area contributed by atoms with Gasteiger partial charge in [-0.05, 0) is 126 Å². The molecule has 5 aliphatic heterocycles. The fraction of sp³-hybridized carbons (Fsp3) is 0.193. The van der Waals surface area contributed by atoms with Crippen LogP contribution < -0.4 is 5.30 Å². The van der Waals surface area contributed by atoms with Crippen molar-refractivity contribution >= 4 is 66.1 Å². The molecule has 0 N–H and O–H groups in total. The molecule has 0 saturated heterocycles. The van der Waals surface area contributed by atoms with Gasteiger partial charge in [-0.1, -0.05) is 49.8 Å². The van der Waals surface area contributed by atoms with Crippen molar-refractivity contribution in [1.82, 2.24) is 0 Å². The van der Waals surface area contributed by atoms with Crippen LogP contribution in [0.1, 0.15) is 69.4 Å². The summed E-state index contributed by atoms with van der Waals surface area (Å²) in [6.45, 7) is 16.2. The molecule has 5 aliphatic rings. The van der Waals surface area contributed by atoms with E-state index < -0.39 is 107 Å². The van der Waals surface area contributed by atoms with E-state index in [1.54, 1.807) is 65.8 Å². The highest BCUT2D eigenvalue weighted by Gasteiger charge is 2.39. The van der Waals surface area contributed by atoms with E-state index in [0.717, 1.165) is 0 Å². The van der Waals surface area contributed by atoms with E-state index >= 15 is 35.1 Å². The number of fused-ring (bicyclic) bond motifs is 4. The summed E-state index contributed by atoms with van der Waals surface area (Å²) in [5, 5.41) is 0.102. The van der Waals surface area contributed by atoms with Crippen molar-refractivity contribution in [2.24, 2.45) is 20.0 Å². The van der Waals surface area contributed by atoms with Crippen LogP contribution in [0.2, 0.25) is 19.6 Å². The van der Waals surface area contributed by atoms with E-state index in [1.807, 2.05) is 0 Å². The van der Waals surface area contributed by atoms with Crippen molar-refractivity contribution < 1.29 is 57.5 Å². The molecule has 4 aromatic rings. The number of hydrogen-bond donors (Lipinski definition) is 0. The summed E-state index contributed by atoms with van der Waals surface area (Å²) in [5.74, 6) is -19.4. The Bertz CT molecular complexity index is 3620. The Balaban J connectivity index is 1.37. The predicted molar refractivity (Wildman–Crippen MR) is 278 cm³/mol. The maximum absolute atomic E-state index is 16.2. The van der Waals surface area contributed by atoms with Crippen LogP contribution in [0.25, 0.3) is 22.3 Å². The quantitative estimate of drug-likeness (QED) is 0.0461. The Hall–Kier alpha value is -7.29. The van der Waals surface area contributed by atoms with Gasteiger partial charge in [0, 0.05) is 27.9 Å². The van der Waals surface area contributed by atoms with Crippen LogP contribution in [0.3, 0.4) is 0 Å². The van der Waals surface area contributed by atoms with Crippen LogP contribution in [-0.2, 0) is 13.6 Å². The summed E-state index contributed by atoms with van der Waals surface area (Å²) in [6, 6.07) is 12.5. The largest absolute Gasteiger partial charge is 0.362 e. The first kappa shape index (κ1) is 53.5. The van der Waals surface area contributed by atoms with Gasteiger partial charge in [0.15, 0.2) is 46.5 Å². The number of allylic oxidation sites excluding steroid dienone is 12. The number of aliphatic imine (C=N–C) groups is 4. The molecule has 7 nitrogen and oxygen atoms in total.